The average molecular weight is 259 g/mol. The number of aromatic nitrogens is 2. The highest BCUT2D eigenvalue weighted by molar-refractivity contribution is 5.88. The number of methoxy groups -OCH3 is 1. The Bertz CT molecular complexity index is 587. The zero-order chi connectivity index (χ0) is 13.7. The summed E-state index contributed by atoms with van der Waals surface area (Å²) in [5.74, 6) is 0.0678. The maximum atomic E-state index is 10.8. The molecule has 0 radical (unpaired) electrons. The summed E-state index contributed by atoms with van der Waals surface area (Å²) in [6.07, 6.45) is 3.11. The highest BCUT2D eigenvalue weighted by Crippen LogP contribution is 2.12. The molecule has 2 heterocycles. The van der Waals surface area contributed by atoms with Crippen molar-refractivity contribution in [3.63, 3.8) is 0 Å². The maximum absolute atomic E-state index is 10.8. The molecule has 6 nitrogen and oxygen atoms in total. The van der Waals surface area contributed by atoms with E-state index in [4.69, 9.17) is 9.84 Å². The van der Waals surface area contributed by atoms with Crippen LogP contribution in [-0.2, 0) is 6.54 Å². The summed E-state index contributed by atoms with van der Waals surface area (Å²) in [7, 11) is 1.55. The maximum Gasteiger partial charge on any atom is 0.335 e. The van der Waals surface area contributed by atoms with Crippen LogP contribution in [0.4, 0.5) is 5.82 Å². The van der Waals surface area contributed by atoms with Crippen molar-refractivity contribution < 1.29 is 14.6 Å². The van der Waals surface area contributed by atoms with Crippen molar-refractivity contribution in [1.29, 1.82) is 0 Å². The molecule has 19 heavy (non-hydrogen) atoms. The second-order valence-corrected chi connectivity index (χ2v) is 3.79. The van der Waals surface area contributed by atoms with Crippen LogP contribution in [0.5, 0.6) is 5.88 Å². The van der Waals surface area contributed by atoms with Crippen LogP contribution >= 0.6 is 0 Å². The minimum absolute atomic E-state index is 0.199. The third-order valence-corrected chi connectivity index (χ3v) is 2.49. The Labute approximate surface area is 110 Å². The highest BCUT2D eigenvalue weighted by Gasteiger charge is 2.04. The number of aromatic carboxylic acids is 1. The van der Waals surface area contributed by atoms with Crippen LogP contribution in [-0.4, -0.2) is 28.2 Å². The number of carboxylic acid groups (broad SMARTS) is 1. The predicted octanol–water partition coefficient (Wildman–Crippen LogP) is 1.80. The summed E-state index contributed by atoms with van der Waals surface area (Å²) >= 11 is 0. The van der Waals surface area contributed by atoms with Crippen LogP contribution in [0.15, 0.2) is 36.7 Å². The SMILES string of the molecule is COc1cc(CNc2cc(C(=O)O)ccn2)ccn1. The fourth-order valence-electron chi connectivity index (χ4n) is 1.52. The summed E-state index contributed by atoms with van der Waals surface area (Å²) in [4.78, 5) is 18.9. The van der Waals surface area contributed by atoms with Gasteiger partial charge in [-0.15, -0.1) is 0 Å². The number of carbonyl (C=O) groups is 1. The van der Waals surface area contributed by atoms with E-state index in [-0.39, 0.29) is 5.56 Å². The van der Waals surface area contributed by atoms with E-state index < -0.39 is 5.97 Å². The molecule has 0 fully saturated rings. The van der Waals surface area contributed by atoms with Crippen LogP contribution < -0.4 is 10.1 Å². The molecule has 0 bridgehead atoms. The van der Waals surface area contributed by atoms with Crippen molar-refractivity contribution in [3.8, 4) is 5.88 Å². The lowest BCUT2D eigenvalue weighted by atomic mass is 10.2. The molecule has 2 N–H and O–H groups in total. The average Bonchev–Trinajstić information content (AvgIpc) is 2.45. The van der Waals surface area contributed by atoms with Crippen molar-refractivity contribution in [2.75, 3.05) is 12.4 Å². The van der Waals surface area contributed by atoms with E-state index in [1.165, 1.54) is 18.3 Å². The Balaban J connectivity index is 2.05. The Hall–Kier alpha value is -2.63. The van der Waals surface area contributed by atoms with E-state index in [0.29, 0.717) is 18.2 Å². The van der Waals surface area contributed by atoms with E-state index >= 15 is 0 Å². The lowest BCUT2D eigenvalue weighted by Gasteiger charge is -2.07. The van der Waals surface area contributed by atoms with E-state index in [2.05, 4.69) is 15.3 Å². The summed E-state index contributed by atoms with van der Waals surface area (Å²) in [5.41, 5.74) is 1.17. The van der Waals surface area contributed by atoms with Gasteiger partial charge in [0.25, 0.3) is 0 Å². The van der Waals surface area contributed by atoms with Gasteiger partial charge in [0.15, 0.2) is 0 Å². The van der Waals surface area contributed by atoms with E-state index in [0.717, 1.165) is 5.56 Å². The third-order valence-electron chi connectivity index (χ3n) is 2.49. The monoisotopic (exact) mass is 259 g/mol. The molecule has 0 amide bonds. The number of rotatable bonds is 5. The van der Waals surface area contributed by atoms with Gasteiger partial charge in [-0.1, -0.05) is 0 Å². The smallest absolute Gasteiger partial charge is 0.335 e. The standard InChI is InChI=1S/C13H13N3O3/c1-19-12-6-9(2-4-15-12)8-16-11-7-10(13(17)18)3-5-14-11/h2-7H,8H2,1H3,(H,14,16)(H,17,18). The molecule has 0 saturated heterocycles. The number of hydrogen-bond acceptors (Lipinski definition) is 5. The molecule has 2 rings (SSSR count). The van der Waals surface area contributed by atoms with Crippen LogP contribution in [0, 0.1) is 0 Å². The lowest BCUT2D eigenvalue weighted by Crippen LogP contribution is -2.04. The topological polar surface area (TPSA) is 84.3 Å². The molecule has 0 spiro atoms. The van der Waals surface area contributed by atoms with Gasteiger partial charge in [0.05, 0.1) is 12.7 Å². The summed E-state index contributed by atoms with van der Waals surface area (Å²) in [5, 5.41) is 11.9. The van der Waals surface area contributed by atoms with Gasteiger partial charge >= 0.3 is 5.97 Å². The van der Waals surface area contributed by atoms with Gasteiger partial charge in [-0.2, -0.15) is 0 Å². The lowest BCUT2D eigenvalue weighted by molar-refractivity contribution is 0.0697. The van der Waals surface area contributed by atoms with Crippen LogP contribution in [0.1, 0.15) is 15.9 Å². The Kier molecular flexibility index (Phi) is 3.92. The first-order chi connectivity index (χ1) is 9.19. The number of carboxylic acids is 1. The molecular weight excluding hydrogens is 246 g/mol. The van der Waals surface area contributed by atoms with Gasteiger partial charge in [0.2, 0.25) is 5.88 Å². The fraction of sp³-hybridized carbons (Fsp3) is 0.154. The van der Waals surface area contributed by atoms with E-state index in [1.807, 2.05) is 6.07 Å². The van der Waals surface area contributed by atoms with Crippen molar-refractivity contribution in [1.82, 2.24) is 9.97 Å². The first-order valence-electron chi connectivity index (χ1n) is 5.61. The molecule has 0 saturated carbocycles. The van der Waals surface area contributed by atoms with Gasteiger partial charge in [-0.25, -0.2) is 14.8 Å². The molecule has 98 valence electrons. The molecule has 2 aromatic rings. The number of pyridine rings is 2. The molecule has 0 aliphatic carbocycles. The van der Waals surface area contributed by atoms with Crippen molar-refractivity contribution in [2.24, 2.45) is 0 Å². The van der Waals surface area contributed by atoms with Gasteiger partial charge < -0.3 is 15.2 Å². The van der Waals surface area contributed by atoms with Crippen molar-refractivity contribution in [2.45, 2.75) is 6.54 Å². The van der Waals surface area contributed by atoms with Crippen LogP contribution in [0.3, 0.4) is 0 Å². The second kappa shape index (κ2) is 5.81. The minimum Gasteiger partial charge on any atom is -0.481 e. The van der Waals surface area contributed by atoms with Crippen LogP contribution in [0.25, 0.3) is 0 Å². The first-order valence-corrected chi connectivity index (χ1v) is 5.61. The normalized spacial score (nSPS) is 9.95. The Morgan fingerprint density at radius 2 is 2.11 bits per heavy atom. The zero-order valence-corrected chi connectivity index (χ0v) is 10.3. The molecule has 6 heteroatoms. The largest absolute Gasteiger partial charge is 0.481 e. The predicted molar refractivity (Wildman–Crippen MR) is 69.3 cm³/mol. The van der Waals surface area contributed by atoms with Gasteiger partial charge in [0.1, 0.15) is 5.82 Å². The van der Waals surface area contributed by atoms with Gasteiger partial charge in [0, 0.05) is 25.0 Å². The molecule has 0 aromatic carbocycles. The minimum atomic E-state index is -0.976. The Morgan fingerprint density at radius 1 is 1.32 bits per heavy atom. The highest BCUT2D eigenvalue weighted by atomic mass is 16.5. The summed E-state index contributed by atoms with van der Waals surface area (Å²) < 4.78 is 5.03. The number of hydrogen-bond donors (Lipinski definition) is 2. The van der Waals surface area contributed by atoms with Gasteiger partial charge in [-0.05, 0) is 23.8 Å². The summed E-state index contributed by atoms with van der Waals surface area (Å²) in [6.45, 7) is 0.509. The second-order valence-electron chi connectivity index (χ2n) is 3.79. The molecule has 0 aliphatic heterocycles. The number of ether oxygens (including phenoxy) is 1. The number of anilines is 1. The summed E-state index contributed by atoms with van der Waals surface area (Å²) in [6, 6.07) is 6.58. The molecule has 2 aromatic heterocycles. The van der Waals surface area contributed by atoms with Crippen LogP contribution in [0.2, 0.25) is 0 Å². The van der Waals surface area contributed by atoms with E-state index in [1.54, 1.807) is 19.4 Å². The van der Waals surface area contributed by atoms with Gasteiger partial charge in [-0.3, -0.25) is 0 Å². The van der Waals surface area contributed by atoms with Crippen molar-refractivity contribution in [3.05, 3.63) is 47.8 Å². The first kappa shape index (κ1) is 12.8. The Morgan fingerprint density at radius 3 is 2.84 bits per heavy atom. The number of nitrogens with zero attached hydrogens (tertiary/aromatic N) is 2. The fourth-order valence-corrected chi connectivity index (χ4v) is 1.52. The van der Waals surface area contributed by atoms with Crippen molar-refractivity contribution >= 4 is 11.8 Å². The third kappa shape index (κ3) is 3.41. The molecule has 0 unspecified atom stereocenters. The quantitative estimate of drug-likeness (QED) is 0.851. The molecule has 0 aliphatic rings. The molecule has 0 atom stereocenters. The molecular formula is C13H13N3O3. The zero-order valence-electron chi connectivity index (χ0n) is 10.3. The number of nitrogens with one attached hydrogen (secondary N) is 1. The van der Waals surface area contributed by atoms with E-state index in [9.17, 15) is 4.79 Å².